The maximum absolute atomic E-state index is 15.0. The molecule has 1 saturated carbocycles. The van der Waals surface area contributed by atoms with Crippen molar-refractivity contribution in [2.75, 3.05) is 6.54 Å². The fraction of sp³-hybridized carbons (Fsp3) is 0.368. The average Bonchev–Trinajstić information content (AvgIpc) is 3.04. The lowest BCUT2D eigenvalue weighted by Crippen LogP contribution is -2.45. The number of hydrogen-bond acceptors (Lipinski definition) is 5. The molecular formula is C38H38ClF5N2O6S. The first-order valence-electron chi connectivity index (χ1n) is 16.7. The highest BCUT2D eigenvalue weighted by atomic mass is 35.5. The van der Waals surface area contributed by atoms with Crippen LogP contribution in [0.3, 0.4) is 0 Å². The zero-order valence-corrected chi connectivity index (χ0v) is 30.8. The predicted molar refractivity (Wildman–Crippen MR) is 187 cm³/mol. The molecule has 0 heterocycles. The number of halogens is 6. The molecule has 2 aliphatic rings. The number of allylic oxidation sites excluding steroid dienone is 1. The van der Waals surface area contributed by atoms with Gasteiger partial charge >= 0.3 is 5.97 Å². The van der Waals surface area contributed by atoms with Crippen LogP contribution in [-0.4, -0.2) is 51.9 Å². The summed E-state index contributed by atoms with van der Waals surface area (Å²) in [5, 5.41) is 21.1. The number of aliphatic carboxylic acids is 1. The Balaban J connectivity index is 1.64. The summed E-state index contributed by atoms with van der Waals surface area (Å²) in [7, 11) is -5.66. The van der Waals surface area contributed by atoms with Crippen LogP contribution in [0.4, 0.5) is 22.0 Å². The first-order chi connectivity index (χ1) is 24.6. The van der Waals surface area contributed by atoms with Crippen LogP contribution in [0, 0.1) is 35.0 Å². The lowest BCUT2D eigenvalue weighted by atomic mass is 9.76. The summed E-state index contributed by atoms with van der Waals surface area (Å²) in [6, 6.07) is 11.3. The fourth-order valence-electron chi connectivity index (χ4n) is 6.25. The van der Waals surface area contributed by atoms with Crippen molar-refractivity contribution in [3.63, 3.8) is 0 Å². The summed E-state index contributed by atoms with van der Waals surface area (Å²) in [5.74, 6) is -16.3. The van der Waals surface area contributed by atoms with Crippen LogP contribution in [0.15, 0.2) is 71.3 Å². The molecule has 0 radical (unpaired) electrons. The number of carboxylic acid groups (broad SMARTS) is 1. The number of carbonyl (C=O) groups is 2. The normalized spacial score (nSPS) is 19.2. The molecule has 2 N–H and O–H groups in total. The molecule has 0 aliphatic heterocycles. The van der Waals surface area contributed by atoms with Crippen molar-refractivity contribution in [1.29, 1.82) is 0 Å². The molecule has 284 valence electrons. The molecule has 1 fully saturated rings. The van der Waals surface area contributed by atoms with Crippen LogP contribution in [0.5, 0.6) is 0 Å². The molecule has 2 aliphatic carbocycles. The van der Waals surface area contributed by atoms with Gasteiger partial charge < -0.3 is 15.1 Å². The monoisotopic (exact) mass is 780 g/mol. The largest absolute Gasteiger partial charge is 0.481 e. The number of carbonyl (C=O) groups excluding carboxylic acids is 1. The quantitative estimate of drug-likeness (QED) is 0.117. The lowest BCUT2D eigenvalue weighted by Gasteiger charge is -2.34. The molecule has 2 unspecified atom stereocenters. The van der Waals surface area contributed by atoms with Crippen molar-refractivity contribution in [3.8, 4) is 0 Å². The first-order valence-corrected chi connectivity index (χ1v) is 18.5. The van der Waals surface area contributed by atoms with Gasteiger partial charge in [-0.1, -0.05) is 75.2 Å². The van der Waals surface area contributed by atoms with Crippen molar-refractivity contribution in [1.82, 2.24) is 9.21 Å². The van der Waals surface area contributed by atoms with Gasteiger partial charge in [0.15, 0.2) is 28.2 Å². The minimum atomic E-state index is -5.66. The lowest BCUT2D eigenvalue weighted by molar-refractivity contribution is -0.145. The SMILES string of the molecule is CC(C)(C)c1cc(CN(C(=O)CN(Cc2ccc(Cl)cc2)S(=O)(=O)c2c(F)c(F)c(F)c(F)c2F)C2=CC(C)(O)C(C(=O)O)C=C2)cc(C2CCC2)c1. The Hall–Kier alpha value is -4.11. The zero-order valence-electron chi connectivity index (χ0n) is 29.3. The minimum absolute atomic E-state index is 0.0241. The Kier molecular flexibility index (Phi) is 11.3. The van der Waals surface area contributed by atoms with Gasteiger partial charge in [0.1, 0.15) is 5.92 Å². The number of carboxylic acids is 1. The molecule has 15 heteroatoms. The van der Waals surface area contributed by atoms with E-state index in [1.807, 2.05) is 32.9 Å². The molecular weight excluding hydrogens is 743 g/mol. The summed E-state index contributed by atoms with van der Waals surface area (Å²) in [6.45, 7) is 5.06. The van der Waals surface area contributed by atoms with Crippen LogP contribution in [0.2, 0.25) is 5.02 Å². The second-order valence-electron chi connectivity index (χ2n) is 14.6. The molecule has 3 aromatic rings. The summed E-state index contributed by atoms with van der Waals surface area (Å²) in [6.07, 6.45) is 6.53. The highest BCUT2D eigenvalue weighted by Crippen LogP contribution is 2.39. The highest BCUT2D eigenvalue weighted by molar-refractivity contribution is 7.89. The molecule has 1 amide bonds. The fourth-order valence-corrected chi connectivity index (χ4v) is 7.86. The topological polar surface area (TPSA) is 115 Å². The van der Waals surface area contributed by atoms with Gasteiger partial charge in [-0.3, -0.25) is 9.59 Å². The van der Waals surface area contributed by atoms with Crippen LogP contribution < -0.4 is 0 Å². The number of benzene rings is 3. The number of hydrogen-bond donors (Lipinski definition) is 2. The number of sulfonamides is 1. The van der Waals surface area contributed by atoms with E-state index in [1.165, 1.54) is 43.3 Å². The predicted octanol–water partition coefficient (Wildman–Crippen LogP) is 7.73. The molecule has 3 aromatic carbocycles. The van der Waals surface area contributed by atoms with E-state index in [0.29, 0.717) is 5.56 Å². The van der Waals surface area contributed by atoms with Crippen LogP contribution in [-0.2, 0) is 38.1 Å². The third-order valence-corrected chi connectivity index (χ3v) is 11.6. The molecule has 53 heavy (non-hydrogen) atoms. The van der Waals surface area contributed by atoms with E-state index in [2.05, 4.69) is 6.07 Å². The Morgan fingerprint density at radius 1 is 0.906 bits per heavy atom. The van der Waals surface area contributed by atoms with Crippen LogP contribution in [0.25, 0.3) is 0 Å². The van der Waals surface area contributed by atoms with E-state index in [9.17, 15) is 41.4 Å². The van der Waals surface area contributed by atoms with Crippen molar-refractivity contribution < 1.29 is 50.2 Å². The maximum Gasteiger partial charge on any atom is 0.313 e. The van der Waals surface area contributed by atoms with Gasteiger partial charge in [0.25, 0.3) is 0 Å². The summed E-state index contributed by atoms with van der Waals surface area (Å²) < 4.78 is 101. The maximum atomic E-state index is 15.0. The molecule has 2 atom stereocenters. The van der Waals surface area contributed by atoms with E-state index in [0.717, 1.165) is 41.4 Å². The third kappa shape index (κ3) is 8.35. The van der Waals surface area contributed by atoms with Gasteiger partial charge in [0, 0.05) is 17.3 Å². The Labute approximate surface area is 309 Å². The molecule has 0 spiro atoms. The van der Waals surface area contributed by atoms with Gasteiger partial charge in [-0.05, 0) is 77.6 Å². The van der Waals surface area contributed by atoms with Gasteiger partial charge in [-0.2, -0.15) is 4.31 Å². The van der Waals surface area contributed by atoms with Gasteiger partial charge in [0.2, 0.25) is 21.7 Å². The van der Waals surface area contributed by atoms with Gasteiger partial charge in [0.05, 0.1) is 18.7 Å². The smallest absolute Gasteiger partial charge is 0.313 e. The van der Waals surface area contributed by atoms with E-state index in [-0.39, 0.29) is 38.5 Å². The second-order valence-corrected chi connectivity index (χ2v) is 16.9. The summed E-state index contributed by atoms with van der Waals surface area (Å²) in [5.41, 5.74) is 0.335. The average molecular weight is 781 g/mol. The Morgan fingerprint density at radius 2 is 1.49 bits per heavy atom. The summed E-state index contributed by atoms with van der Waals surface area (Å²) in [4.78, 5) is 25.3. The Bertz CT molecular complexity index is 2080. The van der Waals surface area contributed by atoms with E-state index < -0.39 is 80.5 Å². The van der Waals surface area contributed by atoms with Crippen LogP contribution in [0.1, 0.15) is 75.1 Å². The van der Waals surface area contributed by atoms with Crippen molar-refractivity contribution >= 4 is 33.5 Å². The summed E-state index contributed by atoms with van der Waals surface area (Å²) >= 11 is 5.97. The number of nitrogens with zero attached hydrogens (tertiary/aromatic N) is 2. The zero-order chi connectivity index (χ0) is 39.2. The first kappa shape index (κ1) is 40.1. The highest BCUT2D eigenvalue weighted by Gasteiger charge is 2.41. The number of aliphatic hydroxyl groups is 1. The van der Waals surface area contributed by atoms with E-state index in [4.69, 9.17) is 11.6 Å². The molecule has 8 nitrogen and oxygen atoms in total. The van der Waals surface area contributed by atoms with Gasteiger partial charge in [-0.15, -0.1) is 0 Å². The molecule has 0 saturated heterocycles. The number of amides is 1. The van der Waals surface area contributed by atoms with Crippen molar-refractivity contribution in [3.05, 3.63) is 123 Å². The molecule has 0 aromatic heterocycles. The van der Waals surface area contributed by atoms with E-state index >= 15 is 8.78 Å². The Morgan fingerprint density at radius 3 is 2.00 bits per heavy atom. The van der Waals surface area contributed by atoms with Crippen molar-refractivity contribution in [2.24, 2.45) is 5.92 Å². The standard InChI is InChI=1S/C38H38ClF5N2O6S/c1-37(2,3)25-15-22(14-24(16-25)23-6-5-7-23)19-46(27-12-13-28(36(48)49)38(4,50)17-27)29(47)20-45(18-21-8-10-26(39)11-9-21)53(51,52)35-33(43)31(41)30(40)32(42)34(35)44/h8-17,23,28,50H,5-7,18-20H2,1-4H3,(H,48,49). The number of rotatable bonds is 11. The third-order valence-electron chi connectivity index (χ3n) is 9.56. The van der Waals surface area contributed by atoms with Crippen LogP contribution >= 0.6 is 11.6 Å². The minimum Gasteiger partial charge on any atom is -0.481 e. The molecule has 5 rings (SSSR count). The molecule has 0 bridgehead atoms. The van der Waals surface area contributed by atoms with Crippen molar-refractivity contribution in [2.45, 2.75) is 81.9 Å². The van der Waals surface area contributed by atoms with Gasteiger partial charge in [-0.25, -0.2) is 30.4 Å². The second kappa shape index (κ2) is 15.0. The van der Waals surface area contributed by atoms with E-state index in [1.54, 1.807) is 0 Å².